The second-order valence-electron chi connectivity index (χ2n) is 5.57. The molecule has 1 aliphatic heterocycles. The van der Waals surface area contributed by atoms with E-state index in [1.54, 1.807) is 0 Å². The maximum absolute atomic E-state index is 10.6. The second kappa shape index (κ2) is 9.06. The minimum absolute atomic E-state index is 0. The van der Waals surface area contributed by atoms with Crippen LogP contribution in [0.3, 0.4) is 0 Å². The molecule has 2 aromatic carbocycles. The number of guanidine groups is 1. The van der Waals surface area contributed by atoms with Gasteiger partial charge in [0, 0.05) is 17.6 Å². The lowest BCUT2D eigenvalue weighted by Crippen LogP contribution is -2.40. The zero-order valence-electron chi connectivity index (χ0n) is 13.2. The van der Waals surface area contributed by atoms with Crippen molar-refractivity contribution in [2.75, 3.05) is 19.6 Å². The van der Waals surface area contributed by atoms with Crippen molar-refractivity contribution in [2.24, 2.45) is 4.99 Å². The first-order valence-corrected chi connectivity index (χ1v) is 8.52. The third-order valence-electron chi connectivity index (χ3n) is 3.82. The van der Waals surface area contributed by atoms with Crippen molar-refractivity contribution in [3.05, 3.63) is 70.2 Å². The van der Waals surface area contributed by atoms with Crippen LogP contribution in [0.4, 0.5) is 0 Å². The number of nitrogens with zero attached hydrogens (tertiary/aromatic N) is 2. The van der Waals surface area contributed by atoms with Crippen molar-refractivity contribution in [2.45, 2.75) is 12.6 Å². The van der Waals surface area contributed by atoms with Gasteiger partial charge >= 0.3 is 0 Å². The number of rotatable bonds is 5. The van der Waals surface area contributed by atoms with Gasteiger partial charge in [-0.05, 0) is 23.3 Å². The standard InChI is InChI=1S/C18H20BrN3O.ClH/c19-16-8-6-15(7-9-16)17(23)13-22(18-20-10-11-21-18)12-14-4-2-1-3-5-14;/h1-9,17,23H,10-13H2,(H,20,21);1H. The second-order valence-corrected chi connectivity index (χ2v) is 6.48. The molecule has 3 rings (SSSR count). The van der Waals surface area contributed by atoms with Crippen molar-refractivity contribution in [1.29, 1.82) is 0 Å². The number of aliphatic hydroxyl groups excluding tert-OH is 1. The van der Waals surface area contributed by atoms with E-state index in [2.05, 4.69) is 43.3 Å². The fraction of sp³-hybridized carbons (Fsp3) is 0.278. The van der Waals surface area contributed by atoms with E-state index >= 15 is 0 Å². The molecule has 4 nitrogen and oxygen atoms in total. The van der Waals surface area contributed by atoms with Crippen molar-refractivity contribution < 1.29 is 5.11 Å². The maximum Gasteiger partial charge on any atom is 0.194 e. The molecule has 128 valence electrons. The van der Waals surface area contributed by atoms with Gasteiger partial charge in [0.25, 0.3) is 0 Å². The van der Waals surface area contributed by atoms with E-state index in [0.29, 0.717) is 6.54 Å². The zero-order valence-corrected chi connectivity index (χ0v) is 15.6. The Balaban J connectivity index is 0.00000208. The predicted octanol–water partition coefficient (Wildman–Crippen LogP) is 3.37. The molecule has 24 heavy (non-hydrogen) atoms. The van der Waals surface area contributed by atoms with Crippen LogP contribution < -0.4 is 5.32 Å². The van der Waals surface area contributed by atoms with Crippen LogP contribution >= 0.6 is 28.3 Å². The summed E-state index contributed by atoms with van der Waals surface area (Å²) in [7, 11) is 0. The van der Waals surface area contributed by atoms with E-state index < -0.39 is 6.10 Å². The molecule has 0 aliphatic carbocycles. The van der Waals surface area contributed by atoms with Crippen LogP contribution in [0.25, 0.3) is 0 Å². The fourth-order valence-electron chi connectivity index (χ4n) is 2.63. The van der Waals surface area contributed by atoms with Gasteiger partial charge in [-0.3, -0.25) is 4.99 Å². The SMILES string of the molecule is Cl.OC(CN(Cc1ccccc1)C1=NCCN1)c1ccc(Br)cc1. The molecule has 0 bridgehead atoms. The third kappa shape index (κ3) is 4.97. The molecule has 1 heterocycles. The van der Waals surface area contributed by atoms with Gasteiger partial charge in [0.1, 0.15) is 0 Å². The fourth-order valence-corrected chi connectivity index (χ4v) is 2.89. The molecule has 0 aromatic heterocycles. The van der Waals surface area contributed by atoms with Crippen LogP contribution in [0.15, 0.2) is 64.1 Å². The lowest BCUT2D eigenvalue weighted by atomic mass is 10.1. The Morgan fingerprint density at radius 3 is 2.46 bits per heavy atom. The molecule has 0 spiro atoms. The number of benzene rings is 2. The van der Waals surface area contributed by atoms with Crippen LogP contribution in [0.5, 0.6) is 0 Å². The quantitative estimate of drug-likeness (QED) is 0.794. The molecule has 0 amide bonds. The highest BCUT2D eigenvalue weighted by molar-refractivity contribution is 9.10. The molecule has 2 aromatic rings. The summed E-state index contributed by atoms with van der Waals surface area (Å²) >= 11 is 3.42. The van der Waals surface area contributed by atoms with Crippen molar-refractivity contribution in [1.82, 2.24) is 10.2 Å². The number of aliphatic imine (C=N–C) groups is 1. The summed E-state index contributed by atoms with van der Waals surface area (Å²) in [6.07, 6.45) is -0.558. The van der Waals surface area contributed by atoms with Gasteiger partial charge in [-0.1, -0.05) is 58.4 Å². The first kappa shape index (κ1) is 18.8. The highest BCUT2D eigenvalue weighted by atomic mass is 79.9. The van der Waals surface area contributed by atoms with Crippen LogP contribution in [-0.4, -0.2) is 35.6 Å². The lowest BCUT2D eigenvalue weighted by Gasteiger charge is -2.27. The van der Waals surface area contributed by atoms with E-state index in [1.807, 2.05) is 42.5 Å². The largest absolute Gasteiger partial charge is 0.387 e. The van der Waals surface area contributed by atoms with E-state index in [0.717, 1.165) is 35.6 Å². The molecule has 0 saturated carbocycles. The van der Waals surface area contributed by atoms with Crippen molar-refractivity contribution >= 4 is 34.3 Å². The van der Waals surface area contributed by atoms with Crippen LogP contribution in [0, 0.1) is 0 Å². The average molecular weight is 411 g/mol. The Bertz CT molecular complexity index is 664. The maximum atomic E-state index is 10.6. The first-order chi connectivity index (χ1) is 11.2. The Kier molecular flexibility index (Phi) is 7.09. The van der Waals surface area contributed by atoms with Gasteiger partial charge < -0.3 is 15.3 Å². The van der Waals surface area contributed by atoms with Gasteiger partial charge in [-0.25, -0.2) is 0 Å². The van der Waals surface area contributed by atoms with Gasteiger partial charge in [0.05, 0.1) is 19.2 Å². The van der Waals surface area contributed by atoms with E-state index in [9.17, 15) is 5.11 Å². The summed E-state index contributed by atoms with van der Waals surface area (Å²) < 4.78 is 1.01. The molecule has 0 fully saturated rings. The van der Waals surface area contributed by atoms with E-state index in [1.165, 1.54) is 5.56 Å². The lowest BCUT2D eigenvalue weighted by molar-refractivity contribution is 0.140. The third-order valence-corrected chi connectivity index (χ3v) is 4.35. The molecular weight excluding hydrogens is 390 g/mol. The summed E-state index contributed by atoms with van der Waals surface area (Å²) in [6, 6.07) is 18.0. The molecular formula is C18H21BrClN3O. The summed E-state index contributed by atoms with van der Waals surface area (Å²) in [5.74, 6) is 0.866. The van der Waals surface area contributed by atoms with Crippen LogP contribution in [0.2, 0.25) is 0 Å². The highest BCUT2D eigenvalue weighted by Gasteiger charge is 2.19. The normalized spacial score (nSPS) is 14.3. The molecule has 0 saturated heterocycles. The van der Waals surface area contributed by atoms with Crippen LogP contribution in [-0.2, 0) is 6.54 Å². The monoisotopic (exact) mass is 409 g/mol. The van der Waals surface area contributed by atoms with Crippen molar-refractivity contribution in [3.8, 4) is 0 Å². The smallest absolute Gasteiger partial charge is 0.194 e. The Labute approximate surface area is 157 Å². The molecule has 1 unspecified atom stereocenters. The van der Waals surface area contributed by atoms with Gasteiger partial charge in [0.2, 0.25) is 0 Å². The first-order valence-electron chi connectivity index (χ1n) is 7.73. The van der Waals surface area contributed by atoms with Gasteiger partial charge in [0.15, 0.2) is 5.96 Å². The van der Waals surface area contributed by atoms with E-state index in [-0.39, 0.29) is 12.4 Å². The summed E-state index contributed by atoms with van der Waals surface area (Å²) in [5, 5.41) is 13.9. The number of aliphatic hydroxyl groups is 1. The highest BCUT2D eigenvalue weighted by Crippen LogP contribution is 2.19. The van der Waals surface area contributed by atoms with Crippen molar-refractivity contribution in [3.63, 3.8) is 0 Å². The molecule has 0 radical (unpaired) electrons. The predicted molar refractivity (Wildman–Crippen MR) is 104 cm³/mol. The average Bonchev–Trinajstić information content (AvgIpc) is 3.10. The topological polar surface area (TPSA) is 47.9 Å². The number of hydrogen-bond donors (Lipinski definition) is 2. The molecule has 6 heteroatoms. The summed E-state index contributed by atoms with van der Waals surface area (Å²) in [6.45, 7) is 2.87. The number of halogens is 2. The molecule has 2 N–H and O–H groups in total. The molecule has 1 aliphatic rings. The minimum atomic E-state index is -0.558. The van der Waals surface area contributed by atoms with Gasteiger partial charge in [-0.15, -0.1) is 12.4 Å². The summed E-state index contributed by atoms with van der Waals surface area (Å²) in [5.41, 5.74) is 2.11. The number of hydrogen-bond acceptors (Lipinski definition) is 4. The Morgan fingerprint density at radius 2 is 1.83 bits per heavy atom. The summed E-state index contributed by atoms with van der Waals surface area (Å²) in [4.78, 5) is 6.61. The minimum Gasteiger partial charge on any atom is -0.387 e. The Morgan fingerprint density at radius 1 is 1.12 bits per heavy atom. The zero-order chi connectivity index (χ0) is 16.1. The van der Waals surface area contributed by atoms with E-state index in [4.69, 9.17) is 0 Å². The number of nitrogens with one attached hydrogen (secondary N) is 1. The van der Waals surface area contributed by atoms with Gasteiger partial charge in [-0.2, -0.15) is 0 Å². The van der Waals surface area contributed by atoms with Crippen LogP contribution in [0.1, 0.15) is 17.2 Å². The molecule has 1 atom stereocenters. The Hall–Kier alpha value is -1.56.